The molecule has 0 saturated carbocycles. The van der Waals surface area contributed by atoms with Gasteiger partial charge in [-0.2, -0.15) is 0 Å². The van der Waals surface area contributed by atoms with Gasteiger partial charge in [-0.25, -0.2) is 4.39 Å². The molecule has 106 valence electrons. The summed E-state index contributed by atoms with van der Waals surface area (Å²) in [6, 6.07) is 10.3. The van der Waals surface area contributed by atoms with Crippen LogP contribution >= 0.6 is 15.9 Å². The van der Waals surface area contributed by atoms with Crippen LogP contribution in [0.25, 0.3) is 0 Å². The molecule has 0 aromatic heterocycles. The van der Waals surface area contributed by atoms with Crippen molar-refractivity contribution in [1.82, 2.24) is 0 Å². The lowest BCUT2D eigenvalue weighted by molar-refractivity contribution is 0.173. The van der Waals surface area contributed by atoms with Crippen LogP contribution in [0.15, 0.2) is 40.9 Å². The van der Waals surface area contributed by atoms with E-state index < -0.39 is 6.10 Å². The second-order valence-corrected chi connectivity index (χ2v) is 5.57. The predicted octanol–water partition coefficient (Wildman–Crippen LogP) is 4.18. The zero-order valence-corrected chi connectivity index (χ0v) is 12.9. The first kappa shape index (κ1) is 15.0. The van der Waals surface area contributed by atoms with E-state index >= 15 is 0 Å². The Bertz CT molecular complexity index is 613. The fraction of sp³-hybridized carbons (Fsp3) is 0.250. The molecular weight excluding hydrogens is 323 g/mol. The molecule has 2 aromatic carbocycles. The Morgan fingerprint density at radius 1 is 1.25 bits per heavy atom. The van der Waals surface area contributed by atoms with Crippen LogP contribution in [-0.2, 0) is 6.42 Å². The van der Waals surface area contributed by atoms with Crippen molar-refractivity contribution >= 4 is 15.9 Å². The average molecular weight is 339 g/mol. The molecule has 4 heteroatoms. The van der Waals surface area contributed by atoms with Crippen molar-refractivity contribution in [1.29, 1.82) is 0 Å². The molecule has 2 rings (SSSR count). The van der Waals surface area contributed by atoms with E-state index in [1.807, 2.05) is 25.1 Å². The van der Waals surface area contributed by atoms with Gasteiger partial charge in [-0.05, 0) is 46.6 Å². The first-order valence-electron chi connectivity index (χ1n) is 6.28. The van der Waals surface area contributed by atoms with Crippen LogP contribution in [-0.4, -0.2) is 12.2 Å². The van der Waals surface area contributed by atoms with E-state index in [-0.39, 0.29) is 5.82 Å². The molecule has 0 aliphatic heterocycles. The maximum Gasteiger partial charge on any atom is 0.133 e. The Balaban J connectivity index is 2.21. The van der Waals surface area contributed by atoms with Gasteiger partial charge >= 0.3 is 0 Å². The van der Waals surface area contributed by atoms with E-state index in [1.54, 1.807) is 19.2 Å². The van der Waals surface area contributed by atoms with Gasteiger partial charge in [0.15, 0.2) is 0 Å². The zero-order valence-electron chi connectivity index (χ0n) is 11.4. The number of halogens is 2. The topological polar surface area (TPSA) is 29.5 Å². The SMILES string of the molecule is COc1ccc(CC(O)c2cc(C)ccc2F)cc1Br. The maximum absolute atomic E-state index is 13.7. The lowest BCUT2D eigenvalue weighted by atomic mass is 9.99. The third kappa shape index (κ3) is 3.38. The van der Waals surface area contributed by atoms with Gasteiger partial charge in [-0.1, -0.05) is 23.8 Å². The van der Waals surface area contributed by atoms with Gasteiger partial charge < -0.3 is 9.84 Å². The van der Waals surface area contributed by atoms with Crippen LogP contribution in [0.5, 0.6) is 5.75 Å². The second kappa shape index (κ2) is 6.37. The summed E-state index contributed by atoms with van der Waals surface area (Å²) < 4.78 is 19.7. The normalized spacial score (nSPS) is 12.2. The predicted molar refractivity (Wildman–Crippen MR) is 80.5 cm³/mol. The molecule has 0 heterocycles. The quantitative estimate of drug-likeness (QED) is 0.905. The highest BCUT2D eigenvalue weighted by atomic mass is 79.9. The number of hydrogen-bond donors (Lipinski definition) is 1. The fourth-order valence-corrected chi connectivity index (χ4v) is 2.68. The number of benzene rings is 2. The Morgan fingerprint density at radius 2 is 2.00 bits per heavy atom. The molecule has 20 heavy (non-hydrogen) atoms. The van der Waals surface area contributed by atoms with Gasteiger partial charge in [0.1, 0.15) is 11.6 Å². The summed E-state index contributed by atoms with van der Waals surface area (Å²) in [4.78, 5) is 0. The van der Waals surface area contributed by atoms with Crippen molar-refractivity contribution in [3.8, 4) is 5.75 Å². The van der Waals surface area contributed by atoms with Crippen molar-refractivity contribution in [2.75, 3.05) is 7.11 Å². The highest BCUT2D eigenvalue weighted by Gasteiger charge is 2.14. The lowest BCUT2D eigenvalue weighted by Gasteiger charge is -2.14. The van der Waals surface area contributed by atoms with Gasteiger partial charge in [0.2, 0.25) is 0 Å². The summed E-state index contributed by atoms with van der Waals surface area (Å²) in [7, 11) is 1.59. The summed E-state index contributed by atoms with van der Waals surface area (Å²) in [5, 5.41) is 10.2. The number of aliphatic hydroxyl groups is 1. The molecule has 0 aliphatic carbocycles. The monoisotopic (exact) mass is 338 g/mol. The number of aliphatic hydroxyl groups excluding tert-OH is 1. The van der Waals surface area contributed by atoms with E-state index in [9.17, 15) is 9.50 Å². The Morgan fingerprint density at radius 3 is 2.65 bits per heavy atom. The summed E-state index contributed by atoms with van der Waals surface area (Å²) in [5.74, 6) is 0.348. The Labute approximate surface area is 126 Å². The number of hydrogen-bond acceptors (Lipinski definition) is 2. The Hall–Kier alpha value is -1.39. The van der Waals surface area contributed by atoms with Crippen molar-refractivity contribution in [3.63, 3.8) is 0 Å². The van der Waals surface area contributed by atoms with Crippen LogP contribution < -0.4 is 4.74 Å². The first-order valence-corrected chi connectivity index (χ1v) is 7.07. The molecule has 0 aliphatic rings. The zero-order chi connectivity index (χ0) is 14.7. The molecule has 0 amide bonds. The molecule has 0 radical (unpaired) electrons. The largest absolute Gasteiger partial charge is 0.496 e. The minimum absolute atomic E-state index is 0.331. The molecule has 0 saturated heterocycles. The van der Waals surface area contributed by atoms with Crippen molar-refractivity contribution < 1.29 is 14.2 Å². The average Bonchev–Trinajstić information content (AvgIpc) is 2.41. The van der Waals surface area contributed by atoms with E-state index in [2.05, 4.69) is 15.9 Å². The highest BCUT2D eigenvalue weighted by molar-refractivity contribution is 9.10. The van der Waals surface area contributed by atoms with Gasteiger partial charge in [-0.3, -0.25) is 0 Å². The maximum atomic E-state index is 13.7. The van der Waals surface area contributed by atoms with E-state index in [0.717, 1.165) is 21.3 Å². The van der Waals surface area contributed by atoms with Crippen LogP contribution in [0.3, 0.4) is 0 Å². The summed E-state index contributed by atoms with van der Waals surface area (Å²) >= 11 is 3.40. The molecular formula is C16H16BrFO2. The molecule has 0 bridgehead atoms. The van der Waals surface area contributed by atoms with E-state index in [1.165, 1.54) is 6.07 Å². The third-order valence-corrected chi connectivity index (χ3v) is 3.78. The summed E-state index contributed by atoms with van der Waals surface area (Å²) in [6.07, 6.45) is -0.515. The second-order valence-electron chi connectivity index (χ2n) is 4.71. The molecule has 1 N–H and O–H groups in total. The number of ether oxygens (including phenoxy) is 1. The fourth-order valence-electron chi connectivity index (χ4n) is 2.09. The summed E-state index contributed by atoms with van der Waals surface area (Å²) in [5.41, 5.74) is 2.17. The van der Waals surface area contributed by atoms with Crippen LogP contribution in [0, 0.1) is 12.7 Å². The van der Waals surface area contributed by atoms with Crippen molar-refractivity contribution in [2.45, 2.75) is 19.4 Å². The number of rotatable bonds is 4. The standard InChI is InChI=1S/C16H16BrFO2/c1-10-3-5-14(18)12(7-10)15(19)9-11-4-6-16(20-2)13(17)8-11/h3-8,15,19H,9H2,1-2H3. The van der Waals surface area contributed by atoms with E-state index in [0.29, 0.717) is 12.0 Å². The van der Waals surface area contributed by atoms with Crippen molar-refractivity contribution in [3.05, 3.63) is 63.4 Å². The lowest BCUT2D eigenvalue weighted by Crippen LogP contribution is -2.05. The van der Waals surface area contributed by atoms with Crippen LogP contribution in [0.1, 0.15) is 22.8 Å². The molecule has 0 spiro atoms. The van der Waals surface area contributed by atoms with E-state index in [4.69, 9.17) is 4.74 Å². The van der Waals surface area contributed by atoms with Crippen LogP contribution in [0.2, 0.25) is 0 Å². The van der Waals surface area contributed by atoms with Crippen molar-refractivity contribution in [2.24, 2.45) is 0 Å². The molecule has 1 unspecified atom stereocenters. The Kier molecular flexibility index (Phi) is 4.78. The number of aryl methyl sites for hydroxylation is 1. The minimum Gasteiger partial charge on any atom is -0.496 e. The van der Waals surface area contributed by atoms with Crippen LogP contribution in [0.4, 0.5) is 4.39 Å². The number of methoxy groups -OCH3 is 1. The molecule has 2 aromatic rings. The summed E-state index contributed by atoms with van der Waals surface area (Å²) in [6.45, 7) is 1.87. The van der Waals surface area contributed by atoms with Gasteiger partial charge in [0, 0.05) is 12.0 Å². The highest BCUT2D eigenvalue weighted by Crippen LogP contribution is 2.28. The van der Waals surface area contributed by atoms with Gasteiger partial charge in [0.25, 0.3) is 0 Å². The molecule has 0 fully saturated rings. The first-order chi connectivity index (χ1) is 9.51. The third-order valence-electron chi connectivity index (χ3n) is 3.16. The smallest absolute Gasteiger partial charge is 0.133 e. The van der Waals surface area contributed by atoms with Gasteiger partial charge in [0.05, 0.1) is 17.7 Å². The minimum atomic E-state index is -0.866. The molecule has 1 atom stereocenters. The van der Waals surface area contributed by atoms with Gasteiger partial charge in [-0.15, -0.1) is 0 Å². The molecule has 2 nitrogen and oxygen atoms in total.